The summed E-state index contributed by atoms with van der Waals surface area (Å²) in [7, 11) is 0. The van der Waals surface area contributed by atoms with E-state index in [1.165, 1.54) is 31.2 Å². The number of aromatic nitrogens is 1. The molecule has 20 heavy (non-hydrogen) atoms. The SMILES string of the molecule is CCNC(Cc1cncc(Br)c1)C1CCCCC1(C)C. The Hall–Kier alpha value is -0.410. The van der Waals surface area contributed by atoms with Crippen LogP contribution in [0.15, 0.2) is 22.9 Å². The topological polar surface area (TPSA) is 24.9 Å². The maximum absolute atomic E-state index is 4.30. The first-order chi connectivity index (χ1) is 9.53. The molecule has 2 unspecified atom stereocenters. The Labute approximate surface area is 131 Å². The summed E-state index contributed by atoms with van der Waals surface area (Å²) >= 11 is 3.53. The Morgan fingerprint density at radius 2 is 2.20 bits per heavy atom. The number of rotatable bonds is 5. The summed E-state index contributed by atoms with van der Waals surface area (Å²) in [6.07, 6.45) is 10.4. The Kier molecular flexibility index (Phi) is 5.62. The molecule has 0 bridgehead atoms. The quantitative estimate of drug-likeness (QED) is 0.849. The van der Waals surface area contributed by atoms with Gasteiger partial charge in [0.1, 0.15) is 0 Å². The third-order valence-electron chi connectivity index (χ3n) is 4.76. The molecule has 3 heteroatoms. The van der Waals surface area contributed by atoms with Crippen LogP contribution in [0.5, 0.6) is 0 Å². The molecule has 0 spiro atoms. The van der Waals surface area contributed by atoms with Gasteiger partial charge in [-0.05, 0) is 64.7 Å². The second-order valence-corrected chi connectivity index (χ2v) is 7.64. The van der Waals surface area contributed by atoms with Crippen LogP contribution in [-0.2, 0) is 6.42 Å². The minimum atomic E-state index is 0.449. The van der Waals surface area contributed by atoms with Crippen molar-refractivity contribution in [3.63, 3.8) is 0 Å². The second kappa shape index (κ2) is 7.04. The molecule has 0 radical (unpaired) electrons. The molecule has 1 fully saturated rings. The van der Waals surface area contributed by atoms with Crippen LogP contribution < -0.4 is 5.32 Å². The normalized spacial score (nSPS) is 23.5. The minimum absolute atomic E-state index is 0.449. The van der Waals surface area contributed by atoms with Gasteiger partial charge in [0.25, 0.3) is 0 Å². The van der Waals surface area contributed by atoms with E-state index in [4.69, 9.17) is 0 Å². The summed E-state index contributed by atoms with van der Waals surface area (Å²) in [5.41, 5.74) is 1.77. The van der Waals surface area contributed by atoms with E-state index in [-0.39, 0.29) is 0 Å². The molecule has 0 amide bonds. The Bertz CT molecular complexity index is 431. The van der Waals surface area contributed by atoms with Gasteiger partial charge < -0.3 is 5.32 Å². The summed E-state index contributed by atoms with van der Waals surface area (Å²) in [6, 6.07) is 2.76. The zero-order valence-corrected chi connectivity index (χ0v) is 14.5. The van der Waals surface area contributed by atoms with Gasteiger partial charge in [-0.25, -0.2) is 0 Å². The largest absolute Gasteiger partial charge is 0.314 e. The first kappa shape index (κ1) is 16.0. The third-order valence-corrected chi connectivity index (χ3v) is 5.19. The number of nitrogens with one attached hydrogen (secondary N) is 1. The fraction of sp³-hybridized carbons (Fsp3) is 0.706. The highest BCUT2D eigenvalue weighted by molar-refractivity contribution is 9.10. The van der Waals surface area contributed by atoms with Gasteiger partial charge >= 0.3 is 0 Å². The fourth-order valence-corrected chi connectivity index (χ4v) is 4.12. The average molecular weight is 339 g/mol. The highest BCUT2D eigenvalue weighted by Crippen LogP contribution is 2.43. The van der Waals surface area contributed by atoms with E-state index in [1.54, 1.807) is 0 Å². The van der Waals surface area contributed by atoms with E-state index in [0.717, 1.165) is 23.4 Å². The highest BCUT2D eigenvalue weighted by atomic mass is 79.9. The molecular formula is C17H27BrN2. The van der Waals surface area contributed by atoms with Crippen molar-refractivity contribution >= 4 is 15.9 Å². The molecule has 0 aliphatic heterocycles. The van der Waals surface area contributed by atoms with Crippen LogP contribution in [0.1, 0.15) is 52.0 Å². The van der Waals surface area contributed by atoms with E-state index in [9.17, 15) is 0 Å². The van der Waals surface area contributed by atoms with Crippen molar-refractivity contribution in [1.82, 2.24) is 10.3 Å². The lowest BCUT2D eigenvalue weighted by atomic mass is 9.65. The summed E-state index contributed by atoms with van der Waals surface area (Å²) in [5.74, 6) is 0.759. The summed E-state index contributed by atoms with van der Waals surface area (Å²) in [6.45, 7) is 8.14. The van der Waals surface area contributed by atoms with Gasteiger partial charge in [-0.3, -0.25) is 4.98 Å². The van der Waals surface area contributed by atoms with Crippen LogP contribution in [0.4, 0.5) is 0 Å². The van der Waals surface area contributed by atoms with Crippen molar-refractivity contribution in [3.8, 4) is 0 Å². The monoisotopic (exact) mass is 338 g/mol. The number of hydrogen-bond donors (Lipinski definition) is 1. The van der Waals surface area contributed by atoms with Crippen molar-refractivity contribution in [1.29, 1.82) is 0 Å². The summed E-state index contributed by atoms with van der Waals surface area (Å²) in [4.78, 5) is 4.30. The average Bonchev–Trinajstić information content (AvgIpc) is 2.38. The standard InChI is InChI=1S/C17H27BrN2/c1-4-20-16(10-13-9-14(18)12-19-11-13)15-7-5-6-8-17(15,2)3/h9,11-12,15-16,20H,4-8,10H2,1-3H3. The van der Waals surface area contributed by atoms with Crippen LogP contribution in [0.3, 0.4) is 0 Å². The molecule has 1 aromatic heterocycles. The lowest BCUT2D eigenvalue weighted by molar-refractivity contribution is 0.0987. The molecule has 1 aromatic rings. The van der Waals surface area contributed by atoms with Gasteiger partial charge in [-0.1, -0.05) is 33.6 Å². The molecule has 1 aliphatic carbocycles. The Morgan fingerprint density at radius 1 is 1.40 bits per heavy atom. The molecule has 1 heterocycles. The lowest BCUT2D eigenvalue weighted by Gasteiger charge is -2.43. The number of likely N-dealkylation sites (N-methyl/N-ethyl adjacent to an activating group) is 1. The van der Waals surface area contributed by atoms with E-state index < -0.39 is 0 Å². The van der Waals surface area contributed by atoms with E-state index in [0.29, 0.717) is 11.5 Å². The zero-order chi connectivity index (χ0) is 14.6. The Morgan fingerprint density at radius 3 is 2.85 bits per heavy atom. The predicted octanol–water partition coefficient (Wildman–Crippen LogP) is 4.58. The maximum Gasteiger partial charge on any atom is 0.0410 e. The van der Waals surface area contributed by atoms with Crippen LogP contribution >= 0.6 is 15.9 Å². The molecule has 0 aromatic carbocycles. The smallest absolute Gasteiger partial charge is 0.0410 e. The van der Waals surface area contributed by atoms with Crippen molar-refractivity contribution in [2.45, 2.75) is 58.9 Å². The van der Waals surface area contributed by atoms with Crippen LogP contribution in [-0.4, -0.2) is 17.6 Å². The molecule has 2 atom stereocenters. The Balaban J connectivity index is 2.13. The first-order valence-electron chi connectivity index (χ1n) is 7.86. The molecule has 112 valence electrons. The minimum Gasteiger partial charge on any atom is -0.314 e. The van der Waals surface area contributed by atoms with Crippen molar-refractivity contribution in [3.05, 3.63) is 28.5 Å². The molecule has 1 aliphatic rings. The number of pyridine rings is 1. The number of nitrogens with zero attached hydrogens (tertiary/aromatic N) is 1. The molecule has 2 nitrogen and oxygen atoms in total. The van der Waals surface area contributed by atoms with Gasteiger partial charge in [0.15, 0.2) is 0 Å². The molecule has 0 saturated heterocycles. The lowest BCUT2D eigenvalue weighted by Crippen LogP contribution is -2.46. The molecular weight excluding hydrogens is 312 g/mol. The number of halogens is 1. The van der Waals surface area contributed by atoms with Crippen molar-refractivity contribution < 1.29 is 0 Å². The van der Waals surface area contributed by atoms with E-state index in [2.05, 4.69) is 53.1 Å². The molecule has 1 saturated carbocycles. The molecule has 1 N–H and O–H groups in total. The van der Waals surface area contributed by atoms with Crippen LogP contribution in [0, 0.1) is 11.3 Å². The summed E-state index contributed by atoms with van der Waals surface area (Å²) < 4.78 is 1.08. The second-order valence-electron chi connectivity index (χ2n) is 6.72. The van der Waals surface area contributed by atoms with Gasteiger partial charge in [-0.15, -0.1) is 0 Å². The fourth-order valence-electron chi connectivity index (χ4n) is 3.71. The van der Waals surface area contributed by atoms with Gasteiger partial charge in [0.05, 0.1) is 0 Å². The van der Waals surface area contributed by atoms with Gasteiger partial charge in [-0.2, -0.15) is 0 Å². The molecule has 2 rings (SSSR count). The summed E-state index contributed by atoms with van der Waals surface area (Å²) in [5, 5.41) is 3.73. The van der Waals surface area contributed by atoms with Crippen molar-refractivity contribution in [2.24, 2.45) is 11.3 Å². The van der Waals surface area contributed by atoms with Crippen LogP contribution in [0.25, 0.3) is 0 Å². The van der Waals surface area contributed by atoms with E-state index >= 15 is 0 Å². The van der Waals surface area contributed by atoms with Gasteiger partial charge in [0, 0.05) is 22.9 Å². The van der Waals surface area contributed by atoms with Gasteiger partial charge in [0.2, 0.25) is 0 Å². The number of hydrogen-bond acceptors (Lipinski definition) is 2. The van der Waals surface area contributed by atoms with Crippen LogP contribution in [0.2, 0.25) is 0 Å². The zero-order valence-electron chi connectivity index (χ0n) is 13.0. The van der Waals surface area contributed by atoms with Crippen molar-refractivity contribution in [2.75, 3.05) is 6.54 Å². The predicted molar refractivity (Wildman–Crippen MR) is 88.8 cm³/mol. The first-order valence-corrected chi connectivity index (χ1v) is 8.65. The third kappa shape index (κ3) is 4.05. The van der Waals surface area contributed by atoms with E-state index in [1.807, 2.05) is 12.4 Å². The highest BCUT2D eigenvalue weighted by Gasteiger charge is 2.37. The maximum atomic E-state index is 4.30.